The first-order chi connectivity index (χ1) is 12.7. The second kappa shape index (κ2) is 10.6. The van der Waals surface area contributed by atoms with Crippen molar-refractivity contribution in [1.29, 1.82) is 0 Å². The van der Waals surface area contributed by atoms with Gasteiger partial charge in [0.05, 0.1) is 12.2 Å². The Morgan fingerprint density at radius 3 is 2.52 bits per heavy atom. The third kappa shape index (κ3) is 5.89. The van der Waals surface area contributed by atoms with Crippen molar-refractivity contribution in [1.82, 2.24) is 25.2 Å². The van der Waals surface area contributed by atoms with Crippen LogP contribution in [-0.4, -0.2) is 72.6 Å². The first-order valence-electron chi connectivity index (χ1n) is 8.84. The standard InChI is InChI=1S/C17H26N8S.HI/c1-4-18-15(21-12-14-13-26-17(22-14)23(2)3)24-8-10-25(11-9-24)16-19-6-5-7-20-16;/h5-7,13H,4,8-12H2,1-3H3,(H,18,21);1H. The van der Waals surface area contributed by atoms with Crippen molar-refractivity contribution in [2.24, 2.45) is 4.99 Å². The Hall–Kier alpha value is -1.69. The van der Waals surface area contributed by atoms with E-state index in [1.807, 2.05) is 25.1 Å². The number of aromatic nitrogens is 3. The van der Waals surface area contributed by atoms with Gasteiger partial charge in [0.2, 0.25) is 5.95 Å². The summed E-state index contributed by atoms with van der Waals surface area (Å²) in [6.07, 6.45) is 3.58. The molecule has 2 aromatic heterocycles. The average molecular weight is 502 g/mol. The van der Waals surface area contributed by atoms with Gasteiger partial charge < -0.3 is 20.0 Å². The second-order valence-corrected chi connectivity index (χ2v) is 7.05. The summed E-state index contributed by atoms with van der Waals surface area (Å²) >= 11 is 1.65. The lowest BCUT2D eigenvalue weighted by atomic mass is 10.3. The summed E-state index contributed by atoms with van der Waals surface area (Å²) in [5, 5.41) is 6.49. The van der Waals surface area contributed by atoms with Crippen molar-refractivity contribution in [3.05, 3.63) is 29.5 Å². The summed E-state index contributed by atoms with van der Waals surface area (Å²) in [7, 11) is 4.01. The summed E-state index contributed by atoms with van der Waals surface area (Å²) in [6.45, 7) is 7.09. The van der Waals surface area contributed by atoms with Gasteiger partial charge in [-0.15, -0.1) is 35.3 Å². The second-order valence-electron chi connectivity index (χ2n) is 6.21. The van der Waals surface area contributed by atoms with Crippen LogP contribution in [0.15, 0.2) is 28.8 Å². The van der Waals surface area contributed by atoms with Crippen LogP contribution in [0.5, 0.6) is 0 Å². The van der Waals surface area contributed by atoms with Crippen LogP contribution in [-0.2, 0) is 6.54 Å². The van der Waals surface area contributed by atoms with Crippen molar-refractivity contribution in [3.63, 3.8) is 0 Å². The molecule has 0 spiro atoms. The Labute approximate surface area is 181 Å². The Kier molecular flexibility index (Phi) is 8.48. The lowest BCUT2D eigenvalue weighted by Crippen LogP contribution is -2.53. The highest BCUT2D eigenvalue weighted by atomic mass is 127. The average Bonchev–Trinajstić information content (AvgIpc) is 3.15. The van der Waals surface area contributed by atoms with Gasteiger partial charge in [-0.1, -0.05) is 0 Å². The molecule has 8 nitrogen and oxygen atoms in total. The van der Waals surface area contributed by atoms with Gasteiger partial charge in [0.15, 0.2) is 11.1 Å². The van der Waals surface area contributed by atoms with Crippen molar-refractivity contribution in [3.8, 4) is 0 Å². The number of piperazine rings is 1. The van der Waals surface area contributed by atoms with E-state index in [1.165, 1.54) is 0 Å². The molecule has 148 valence electrons. The fraction of sp³-hybridized carbons (Fsp3) is 0.529. The number of hydrogen-bond donors (Lipinski definition) is 1. The third-order valence-corrected chi connectivity index (χ3v) is 5.12. The quantitative estimate of drug-likeness (QED) is 0.381. The van der Waals surface area contributed by atoms with E-state index >= 15 is 0 Å². The third-order valence-electron chi connectivity index (χ3n) is 4.06. The molecular weight excluding hydrogens is 475 g/mol. The smallest absolute Gasteiger partial charge is 0.225 e. The summed E-state index contributed by atoms with van der Waals surface area (Å²) in [4.78, 5) is 24.6. The van der Waals surface area contributed by atoms with Gasteiger partial charge >= 0.3 is 0 Å². The summed E-state index contributed by atoms with van der Waals surface area (Å²) < 4.78 is 0. The zero-order valence-electron chi connectivity index (χ0n) is 16.0. The minimum Gasteiger partial charge on any atom is -0.357 e. The van der Waals surface area contributed by atoms with E-state index in [-0.39, 0.29) is 24.0 Å². The molecule has 1 N–H and O–H groups in total. The fourth-order valence-corrected chi connectivity index (χ4v) is 3.48. The van der Waals surface area contributed by atoms with Gasteiger partial charge in [-0.2, -0.15) is 0 Å². The molecule has 0 aliphatic carbocycles. The zero-order valence-corrected chi connectivity index (χ0v) is 19.1. The number of thiazole rings is 1. The number of nitrogens with one attached hydrogen (secondary N) is 1. The van der Waals surface area contributed by atoms with Gasteiger partial charge in [0.1, 0.15) is 0 Å². The molecule has 2 aromatic rings. The molecule has 1 saturated heterocycles. The van der Waals surface area contributed by atoms with Crippen molar-refractivity contribution < 1.29 is 0 Å². The molecule has 10 heteroatoms. The molecule has 3 rings (SSSR count). The molecule has 1 aliphatic rings. The minimum atomic E-state index is 0. The van der Waals surface area contributed by atoms with Crippen LogP contribution < -0.4 is 15.1 Å². The van der Waals surface area contributed by atoms with Crippen LogP contribution >= 0.6 is 35.3 Å². The van der Waals surface area contributed by atoms with E-state index in [2.05, 4.69) is 42.4 Å². The first-order valence-corrected chi connectivity index (χ1v) is 9.72. The van der Waals surface area contributed by atoms with E-state index in [4.69, 9.17) is 4.99 Å². The molecule has 0 bridgehead atoms. The number of rotatable bonds is 5. The molecule has 0 unspecified atom stereocenters. The molecule has 1 fully saturated rings. The maximum absolute atomic E-state index is 4.79. The lowest BCUT2D eigenvalue weighted by molar-refractivity contribution is 0.370. The monoisotopic (exact) mass is 502 g/mol. The molecule has 0 aromatic carbocycles. The van der Waals surface area contributed by atoms with Crippen LogP contribution in [0.3, 0.4) is 0 Å². The maximum atomic E-state index is 4.79. The number of nitrogens with zero attached hydrogens (tertiary/aromatic N) is 7. The SMILES string of the molecule is CCNC(=NCc1csc(N(C)C)n1)N1CCN(c2ncccn2)CC1.I. The Bertz CT molecular complexity index is 713. The molecule has 0 amide bonds. The highest BCUT2D eigenvalue weighted by Crippen LogP contribution is 2.18. The minimum absolute atomic E-state index is 0. The van der Waals surface area contributed by atoms with Crippen LogP contribution in [0.1, 0.15) is 12.6 Å². The van der Waals surface area contributed by atoms with E-state index in [1.54, 1.807) is 23.7 Å². The van der Waals surface area contributed by atoms with Crippen LogP contribution in [0.25, 0.3) is 0 Å². The number of halogens is 1. The van der Waals surface area contributed by atoms with Crippen LogP contribution in [0, 0.1) is 0 Å². The molecular formula is C17H27IN8S. The van der Waals surface area contributed by atoms with E-state index < -0.39 is 0 Å². The predicted octanol–water partition coefficient (Wildman–Crippen LogP) is 1.90. The predicted molar refractivity (Wildman–Crippen MR) is 122 cm³/mol. The molecule has 3 heterocycles. The molecule has 1 aliphatic heterocycles. The van der Waals surface area contributed by atoms with Crippen LogP contribution in [0.2, 0.25) is 0 Å². The van der Waals surface area contributed by atoms with Gasteiger partial charge in [0.25, 0.3) is 0 Å². The first kappa shape index (κ1) is 21.6. The number of anilines is 2. The molecule has 0 radical (unpaired) electrons. The summed E-state index contributed by atoms with van der Waals surface area (Å²) in [5.41, 5.74) is 1.01. The zero-order chi connectivity index (χ0) is 18.4. The highest BCUT2D eigenvalue weighted by molar-refractivity contribution is 14.0. The van der Waals surface area contributed by atoms with Crippen LogP contribution in [0.4, 0.5) is 11.1 Å². The summed E-state index contributed by atoms with van der Waals surface area (Å²) in [5.74, 6) is 1.74. The highest BCUT2D eigenvalue weighted by Gasteiger charge is 2.21. The van der Waals surface area contributed by atoms with E-state index in [9.17, 15) is 0 Å². The van der Waals surface area contributed by atoms with Crippen molar-refractivity contribution in [2.75, 3.05) is 56.6 Å². The summed E-state index contributed by atoms with van der Waals surface area (Å²) in [6, 6.07) is 1.84. The number of hydrogen-bond acceptors (Lipinski definition) is 7. The topological polar surface area (TPSA) is 72.8 Å². The number of aliphatic imine (C=N–C) groups is 1. The largest absolute Gasteiger partial charge is 0.357 e. The van der Waals surface area contributed by atoms with E-state index in [0.29, 0.717) is 6.54 Å². The van der Waals surface area contributed by atoms with Crippen molar-refractivity contribution in [2.45, 2.75) is 13.5 Å². The Morgan fingerprint density at radius 1 is 1.22 bits per heavy atom. The lowest BCUT2D eigenvalue weighted by Gasteiger charge is -2.36. The molecule has 0 saturated carbocycles. The molecule has 0 atom stereocenters. The Balaban J connectivity index is 0.00000261. The Morgan fingerprint density at radius 2 is 1.93 bits per heavy atom. The fourth-order valence-electron chi connectivity index (χ4n) is 2.73. The molecule has 27 heavy (non-hydrogen) atoms. The number of guanidine groups is 1. The van der Waals surface area contributed by atoms with Crippen molar-refractivity contribution >= 4 is 52.4 Å². The van der Waals surface area contributed by atoms with E-state index in [0.717, 1.165) is 55.5 Å². The maximum Gasteiger partial charge on any atom is 0.225 e. The van der Waals surface area contributed by atoms with Gasteiger partial charge in [-0.3, -0.25) is 0 Å². The van der Waals surface area contributed by atoms with Gasteiger partial charge in [-0.25, -0.2) is 19.9 Å². The normalized spacial score (nSPS) is 14.7. The van der Waals surface area contributed by atoms with Gasteiger partial charge in [-0.05, 0) is 13.0 Å². The van der Waals surface area contributed by atoms with Gasteiger partial charge in [0, 0.05) is 64.6 Å².